The first-order chi connectivity index (χ1) is 8.28. The molecule has 1 aromatic carbocycles. The van der Waals surface area contributed by atoms with Gasteiger partial charge in [-0.15, -0.1) is 0 Å². The summed E-state index contributed by atoms with van der Waals surface area (Å²) in [7, 11) is 0. The molecule has 0 spiro atoms. The van der Waals surface area contributed by atoms with Gasteiger partial charge in [0.05, 0.1) is 5.41 Å². The van der Waals surface area contributed by atoms with E-state index in [9.17, 15) is 9.90 Å². The van der Waals surface area contributed by atoms with Crippen molar-refractivity contribution in [1.29, 1.82) is 0 Å². The topological polar surface area (TPSA) is 52.9 Å². The summed E-state index contributed by atoms with van der Waals surface area (Å²) in [4.78, 5) is 12.4. The molecule has 0 radical (unpaired) electrons. The number of carbonyl (C=O) groups is 1. The van der Waals surface area contributed by atoms with Gasteiger partial charge in [-0.2, -0.15) is 10.1 Å². The van der Waals surface area contributed by atoms with Gasteiger partial charge >= 0.3 is 0 Å². The zero-order valence-corrected chi connectivity index (χ0v) is 11.1. The van der Waals surface area contributed by atoms with E-state index in [2.05, 4.69) is 5.10 Å². The van der Waals surface area contributed by atoms with Crippen molar-refractivity contribution in [2.75, 3.05) is 0 Å². The van der Waals surface area contributed by atoms with Crippen LogP contribution in [0.25, 0.3) is 0 Å². The Morgan fingerprint density at radius 3 is 2.22 bits per heavy atom. The second-order valence-corrected chi connectivity index (χ2v) is 5.31. The van der Waals surface area contributed by atoms with Crippen LogP contribution < -0.4 is 0 Å². The van der Waals surface area contributed by atoms with Gasteiger partial charge in [-0.3, -0.25) is 4.79 Å². The molecule has 1 amide bonds. The van der Waals surface area contributed by atoms with Crippen LogP contribution >= 0.6 is 0 Å². The van der Waals surface area contributed by atoms with Crippen molar-refractivity contribution < 1.29 is 9.90 Å². The normalized spacial score (nSPS) is 26.1. The van der Waals surface area contributed by atoms with Crippen LogP contribution in [0.5, 0.6) is 0 Å². The van der Waals surface area contributed by atoms with Gasteiger partial charge in [0.25, 0.3) is 5.91 Å². The fourth-order valence-electron chi connectivity index (χ4n) is 1.93. The maximum absolute atomic E-state index is 12.4. The number of hydrogen-bond acceptors (Lipinski definition) is 3. The minimum atomic E-state index is -1.32. The molecular formula is C14H18N2O2. The predicted octanol–water partition coefficient (Wildman–Crippen LogP) is 2.25. The fourth-order valence-corrected chi connectivity index (χ4v) is 1.93. The van der Waals surface area contributed by atoms with Crippen LogP contribution in [0.2, 0.25) is 0 Å². The number of rotatable bonds is 1. The number of aliphatic hydroxyl groups is 1. The second-order valence-electron chi connectivity index (χ2n) is 5.31. The Morgan fingerprint density at radius 1 is 1.22 bits per heavy atom. The highest BCUT2D eigenvalue weighted by molar-refractivity contribution is 5.99. The first-order valence-electron chi connectivity index (χ1n) is 5.96. The lowest BCUT2D eigenvalue weighted by molar-refractivity contribution is -0.110. The lowest BCUT2D eigenvalue weighted by Crippen LogP contribution is -2.53. The maximum Gasteiger partial charge on any atom is 0.276 e. The van der Waals surface area contributed by atoms with Gasteiger partial charge in [-0.1, -0.05) is 18.2 Å². The third-order valence-corrected chi connectivity index (χ3v) is 3.96. The van der Waals surface area contributed by atoms with E-state index in [1.165, 1.54) is 5.01 Å². The monoisotopic (exact) mass is 246 g/mol. The van der Waals surface area contributed by atoms with E-state index >= 15 is 0 Å². The number of amides is 1. The predicted molar refractivity (Wildman–Crippen MR) is 70.1 cm³/mol. The van der Waals surface area contributed by atoms with Gasteiger partial charge in [0.2, 0.25) is 0 Å². The Balaban J connectivity index is 2.40. The van der Waals surface area contributed by atoms with Crippen LogP contribution in [-0.4, -0.2) is 27.5 Å². The minimum Gasteiger partial charge on any atom is -0.368 e. The molecule has 0 saturated heterocycles. The molecule has 1 heterocycles. The van der Waals surface area contributed by atoms with E-state index in [0.717, 1.165) is 5.71 Å². The van der Waals surface area contributed by atoms with Crippen molar-refractivity contribution in [1.82, 2.24) is 5.01 Å². The highest BCUT2D eigenvalue weighted by Gasteiger charge is 2.53. The first-order valence-corrected chi connectivity index (χ1v) is 5.96. The first kappa shape index (κ1) is 12.8. The highest BCUT2D eigenvalue weighted by Crippen LogP contribution is 2.41. The molecule has 1 aliphatic rings. The quantitative estimate of drug-likeness (QED) is 0.826. The van der Waals surface area contributed by atoms with Gasteiger partial charge in [-0.05, 0) is 39.8 Å². The number of nitrogens with zero attached hydrogens (tertiary/aromatic N) is 2. The molecule has 0 aromatic heterocycles. The zero-order valence-electron chi connectivity index (χ0n) is 11.1. The van der Waals surface area contributed by atoms with Crippen LogP contribution in [0.4, 0.5) is 0 Å². The molecule has 18 heavy (non-hydrogen) atoms. The smallest absolute Gasteiger partial charge is 0.276 e. The largest absolute Gasteiger partial charge is 0.368 e. The van der Waals surface area contributed by atoms with Crippen molar-refractivity contribution in [2.24, 2.45) is 10.5 Å². The van der Waals surface area contributed by atoms with Gasteiger partial charge in [0.1, 0.15) is 0 Å². The van der Waals surface area contributed by atoms with Gasteiger partial charge in [0, 0.05) is 11.3 Å². The van der Waals surface area contributed by atoms with Crippen LogP contribution in [-0.2, 0) is 0 Å². The summed E-state index contributed by atoms with van der Waals surface area (Å²) in [5, 5.41) is 16.0. The minimum absolute atomic E-state index is 0.287. The van der Waals surface area contributed by atoms with Crippen LogP contribution in [0.1, 0.15) is 38.1 Å². The summed E-state index contributed by atoms with van der Waals surface area (Å²) >= 11 is 0. The molecule has 0 aliphatic carbocycles. The van der Waals surface area contributed by atoms with Gasteiger partial charge in [0.15, 0.2) is 5.72 Å². The summed E-state index contributed by atoms with van der Waals surface area (Å²) in [6, 6.07) is 8.86. The average molecular weight is 246 g/mol. The molecule has 0 saturated carbocycles. The third kappa shape index (κ3) is 1.64. The molecule has 96 valence electrons. The summed E-state index contributed by atoms with van der Waals surface area (Å²) < 4.78 is 0. The van der Waals surface area contributed by atoms with Crippen molar-refractivity contribution in [3.8, 4) is 0 Å². The Morgan fingerprint density at radius 2 is 1.78 bits per heavy atom. The van der Waals surface area contributed by atoms with Crippen molar-refractivity contribution in [2.45, 2.75) is 33.4 Å². The highest BCUT2D eigenvalue weighted by atomic mass is 16.3. The lowest BCUT2D eigenvalue weighted by Gasteiger charge is -2.37. The van der Waals surface area contributed by atoms with Gasteiger partial charge in [-0.25, -0.2) is 0 Å². The van der Waals surface area contributed by atoms with E-state index < -0.39 is 11.1 Å². The van der Waals surface area contributed by atoms with Crippen molar-refractivity contribution in [3.63, 3.8) is 0 Å². The molecule has 0 fully saturated rings. The molecule has 1 unspecified atom stereocenters. The third-order valence-electron chi connectivity index (χ3n) is 3.96. The van der Waals surface area contributed by atoms with Crippen molar-refractivity contribution >= 4 is 11.6 Å². The molecule has 4 nitrogen and oxygen atoms in total. The van der Waals surface area contributed by atoms with E-state index in [1.807, 2.05) is 26.8 Å². The Labute approximate surface area is 107 Å². The molecule has 1 N–H and O–H groups in total. The fraction of sp³-hybridized carbons (Fsp3) is 0.429. The Kier molecular flexibility index (Phi) is 2.78. The van der Waals surface area contributed by atoms with E-state index in [1.54, 1.807) is 31.2 Å². The maximum atomic E-state index is 12.4. The summed E-state index contributed by atoms with van der Waals surface area (Å²) in [5.41, 5.74) is -0.606. The summed E-state index contributed by atoms with van der Waals surface area (Å²) in [5.74, 6) is -0.287. The molecule has 1 aliphatic heterocycles. The second kappa shape index (κ2) is 3.92. The van der Waals surface area contributed by atoms with Crippen LogP contribution in [0.3, 0.4) is 0 Å². The van der Waals surface area contributed by atoms with E-state index in [-0.39, 0.29) is 5.91 Å². The van der Waals surface area contributed by atoms with E-state index in [4.69, 9.17) is 0 Å². The molecule has 4 heteroatoms. The van der Waals surface area contributed by atoms with Crippen LogP contribution in [0.15, 0.2) is 35.4 Å². The SMILES string of the molecule is CC1=NN(C(=O)c2ccccc2)C(C)(O)C1(C)C. The standard InChI is InChI=1S/C14H18N2O2/c1-10-13(2,3)14(4,18)16(15-10)12(17)11-8-6-5-7-9-11/h5-9,18H,1-4H3. The van der Waals surface area contributed by atoms with Crippen LogP contribution in [0, 0.1) is 5.41 Å². The number of benzene rings is 1. The molecular weight excluding hydrogens is 228 g/mol. The Hall–Kier alpha value is -1.68. The molecule has 2 rings (SSSR count). The number of carbonyl (C=O) groups excluding carboxylic acids is 1. The van der Waals surface area contributed by atoms with E-state index in [0.29, 0.717) is 5.56 Å². The average Bonchev–Trinajstić information content (AvgIpc) is 2.49. The molecule has 1 aromatic rings. The van der Waals surface area contributed by atoms with Gasteiger partial charge < -0.3 is 5.11 Å². The Bertz CT molecular complexity index is 504. The molecule has 0 bridgehead atoms. The number of hydrazone groups is 1. The summed E-state index contributed by atoms with van der Waals surface area (Å²) in [6.07, 6.45) is 0. The number of hydrogen-bond donors (Lipinski definition) is 1. The summed E-state index contributed by atoms with van der Waals surface area (Å²) in [6.45, 7) is 7.20. The lowest BCUT2D eigenvalue weighted by atomic mass is 9.79. The zero-order chi connectivity index (χ0) is 13.6. The van der Waals surface area contributed by atoms with Crippen molar-refractivity contribution in [3.05, 3.63) is 35.9 Å². The molecule has 1 atom stereocenters.